The highest BCUT2D eigenvalue weighted by atomic mass is 32.2. The number of rotatable bonds is 8. The van der Waals surface area contributed by atoms with E-state index in [9.17, 15) is 22.8 Å². The van der Waals surface area contributed by atoms with Gasteiger partial charge in [-0.15, -0.1) is 12.3 Å². The van der Waals surface area contributed by atoms with E-state index in [1.807, 2.05) is 30.3 Å². The molecule has 1 saturated heterocycles. The van der Waals surface area contributed by atoms with Crippen LogP contribution in [0.15, 0.2) is 59.5 Å². The van der Waals surface area contributed by atoms with Gasteiger partial charge in [0.2, 0.25) is 5.91 Å². The molecule has 2 fully saturated rings. The average molecular weight is 568 g/mol. The normalized spacial score (nSPS) is 22.1. The van der Waals surface area contributed by atoms with Gasteiger partial charge in [0.05, 0.1) is 16.7 Å². The van der Waals surface area contributed by atoms with Crippen LogP contribution in [0.1, 0.15) is 39.2 Å². The highest BCUT2D eigenvalue weighted by Gasteiger charge is 2.62. The highest BCUT2D eigenvalue weighted by molar-refractivity contribution is 7.90. The second-order valence-electron chi connectivity index (χ2n) is 11.0. The summed E-state index contributed by atoms with van der Waals surface area (Å²) in [6.45, 7) is 5.94. The van der Waals surface area contributed by atoms with Gasteiger partial charge in [-0.2, -0.15) is 0 Å². The van der Waals surface area contributed by atoms with Gasteiger partial charge in [0, 0.05) is 19.2 Å². The van der Waals surface area contributed by atoms with Gasteiger partial charge < -0.3 is 19.7 Å². The van der Waals surface area contributed by atoms with E-state index in [2.05, 4.69) is 16.0 Å². The van der Waals surface area contributed by atoms with Crippen LogP contribution in [0.5, 0.6) is 5.75 Å². The number of carbonyl (C=O) groups excluding carboxylic acids is 3. The first-order valence-corrected chi connectivity index (χ1v) is 14.4. The van der Waals surface area contributed by atoms with Gasteiger partial charge >= 0.3 is 6.09 Å². The molecule has 2 aromatic carbocycles. The summed E-state index contributed by atoms with van der Waals surface area (Å²) in [6.07, 6.45) is 5.50. The van der Waals surface area contributed by atoms with E-state index in [0.717, 1.165) is 5.56 Å². The van der Waals surface area contributed by atoms with Gasteiger partial charge in [-0.1, -0.05) is 36.4 Å². The minimum atomic E-state index is -4.30. The van der Waals surface area contributed by atoms with Gasteiger partial charge in [0.1, 0.15) is 23.5 Å². The topological polar surface area (TPSA) is 131 Å². The van der Waals surface area contributed by atoms with Crippen LogP contribution in [0.25, 0.3) is 0 Å². The molecule has 1 aliphatic carbocycles. The van der Waals surface area contributed by atoms with Gasteiger partial charge in [-0.3, -0.25) is 9.59 Å². The zero-order chi connectivity index (χ0) is 29.1. The summed E-state index contributed by atoms with van der Waals surface area (Å²) in [6, 6.07) is 15.2. The number of nitrogens with zero attached hydrogens (tertiary/aromatic N) is 1. The van der Waals surface area contributed by atoms with Crippen LogP contribution in [0.3, 0.4) is 0 Å². The summed E-state index contributed by atoms with van der Waals surface area (Å²) in [5.41, 5.74) is -1.32. The van der Waals surface area contributed by atoms with Crippen molar-refractivity contribution in [2.45, 2.75) is 56.3 Å². The molecule has 3 amide bonds. The van der Waals surface area contributed by atoms with Crippen molar-refractivity contribution in [2.24, 2.45) is 11.8 Å². The van der Waals surface area contributed by atoms with Gasteiger partial charge in [0.15, 0.2) is 0 Å². The first kappa shape index (κ1) is 29.0. The summed E-state index contributed by atoms with van der Waals surface area (Å²) in [7, 11) is -4.30. The molecule has 11 heteroatoms. The number of ether oxygens (including phenoxy) is 2. The molecule has 0 aromatic heterocycles. The Labute approximate surface area is 234 Å². The maximum absolute atomic E-state index is 13.2. The lowest BCUT2D eigenvalue weighted by molar-refractivity contribution is -0.131. The first-order valence-electron chi connectivity index (χ1n) is 12.9. The van der Waals surface area contributed by atoms with E-state index < -0.39 is 50.9 Å². The average Bonchev–Trinajstić information content (AvgIpc) is 3.38. The Hall–Kier alpha value is -4.04. The van der Waals surface area contributed by atoms with E-state index in [1.165, 1.54) is 23.1 Å². The van der Waals surface area contributed by atoms with Crippen molar-refractivity contribution in [2.75, 3.05) is 13.1 Å². The van der Waals surface area contributed by atoms with Crippen LogP contribution < -0.4 is 14.8 Å². The van der Waals surface area contributed by atoms with Crippen LogP contribution in [0.4, 0.5) is 4.79 Å². The molecule has 2 aliphatic rings. The fourth-order valence-electron chi connectivity index (χ4n) is 4.44. The molecular weight excluding hydrogens is 534 g/mol. The fraction of sp³-hybridized carbons (Fsp3) is 0.414. The van der Waals surface area contributed by atoms with Crippen LogP contribution >= 0.6 is 0 Å². The maximum atomic E-state index is 13.2. The number of hydrogen-bond donors (Lipinski definition) is 2. The Kier molecular flexibility index (Phi) is 8.12. The monoisotopic (exact) mass is 567 g/mol. The number of benzene rings is 2. The smallest absolute Gasteiger partial charge is 0.410 e. The molecule has 0 radical (unpaired) electrons. The number of likely N-dealkylation sites (tertiary alicyclic amines) is 1. The molecule has 1 saturated carbocycles. The second kappa shape index (κ2) is 11.2. The molecule has 0 spiro atoms. The van der Waals surface area contributed by atoms with Crippen LogP contribution in [-0.4, -0.2) is 55.5 Å². The van der Waals surface area contributed by atoms with E-state index in [1.54, 1.807) is 26.8 Å². The second-order valence-corrected chi connectivity index (χ2v) is 12.7. The Morgan fingerprint density at radius 3 is 2.50 bits per heavy atom. The number of amides is 3. The van der Waals surface area contributed by atoms with E-state index >= 15 is 0 Å². The van der Waals surface area contributed by atoms with Crippen LogP contribution in [0, 0.1) is 24.2 Å². The summed E-state index contributed by atoms with van der Waals surface area (Å²) in [5, 5.41) is 2.68. The predicted molar refractivity (Wildman–Crippen MR) is 146 cm³/mol. The van der Waals surface area contributed by atoms with Crippen molar-refractivity contribution in [3.05, 3.63) is 60.2 Å². The number of sulfonamides is 1. The van der Waals surface area contributed by atoms with Crippen molar-refractivity contribution in [3.8, 4) is 18.1 Å². The standard InChI is InChI=1S/C29H33N3O7S/c1-5-22-17-29(22,30-25(33)21-14-15-32(18-21)27(35)39-28(2,3)4)26(34)31-40(36,37)24-13-9-12-23(16-24)38-19-20-10-7-6-8-11-20/h1,6-13,16,21-22H,14-15,17-19H2,2-4H3,(H,30,33)(H,31,34)/t21-,22+,29+/m0/s1. The molecule has 2 N–H and O–H groups in total. The van der Waals surface area contributed by atoms with Crippen molar-refractivity contribution < 1.29 is 32.3 Å². The number of hydrogen-bond acceptors (Lipinski definition) is 7. The van der Waals surface area contributed by atoms with Crippen molar-refractivity contribution in [1.29, 1.82) is 0 Å². The lowest BCUT2D eigenvalue weighted by Gasteiger charge is -2.24. The molecule has 40 heavy (non-hydrogen) atoms. The molecule has 0 unspecified atom stereocenters. The van der Waals surface area contributed by atoms with Crippen molar-refractivity contribution >= 4 is 27.9 Å². The van der Waals surface area contributed by atoms with Crippen molar-refractivity contribution in [1.82, 2.24) is 14.9 Å². The highest BCUT2D eigenvalue weighted by Crippen LogP contribution is 2.44. The minimum absolute atomic E-state index is 0.0965. The molecule has 3 atom stereocenters. The lowest BCUT2D eigenvalue weighted by atomic mass is 10.1. The zero-order valence-electron chi connectivity index (χ0n) is 22.7. The Balaban J connectivity index is 1.40. The van der Waals surface area contributed by atoms with Gasteiger partial charge in [-0.25, -0.2) is 17.9 Å². The predicted octanol–water partition coefficient (Wildman–Crippen LogP) is 2.84. The largest absolute Gasteiger partial charge is 0.489 e. The molecule has 0 bridgehead atoms. The third-order valence-corrected chi connectivity index (χ3v) is 8.04. The third kappa shape index (κ3) is 6.74. The molecule has 4 rings (SSSR count). The Morgan fingerprint density at radius 2 is 1.85 bits per heavy atom. The SMILES string of the molecule is C#C[C@@H]1C[C@]1(NC(=O)[C@H]1CCN(C(=O)OC(C)(C)C)C1)C(=O)NS(=O)(=O)c1cccc(OCc2ccccc2)c1. The number of nitrogens with one attached hydrogen (secondary N) is 2. The molecule has 212 valence electrons. The first-order chi connectivity index (χ1) is 18.8. The molecule has 1 aliphatic heterocycles. The number of carbonyl (C=O) groups is 3. The van der Waals surface area contributed by atoms with Crippen LogP contribution in [-0.2, 0) is 31.0 Å². The molecule has 2 aromatic rings. The summed E-state index contributed by atoms with van der Waals surface area (Å²) in [4.78, 5) is 40.0. The Morgan fingerprint density at radius 1 is 1.12 bits per heavy atom. The quantitative estimate of drug-likeness (QED) is 0.469. The zero-order valence-corrected chi connectivity index (χ0v) is 23.5. The minimum Gasteiger partial charge on any atom is -0.489 e. The summed E-state index contributed by atoms with van der Waals surface area (Å²) in [5.74, 6) is 0.106. The van der Waals surface area contributed by atoms with Gasteiger partial charge in [-0.05, 0) is 51.3 Å². The van der Waals surface area contributed by atoms with Crippen molar-refractivity contribution in [3.63, 3.8) is 0 Å². The van der Waals surface area contributed by atoms with Gasteiger partial charge in [0.25, 0.3) is 15.9 Å². The summed E-state index contributed by atoms with van der Waals surface area (Å²) >= 11 is 0. The number of terminal acetylenes is 1. The van der Waals surface area contributed by atoms with E-state index in [4.69, 9.17) is 15.9 Å². The van der Waals surface area contributed by atoms with E-state index in [0.29, 0.717) is 18.7 Å². The lowest BCUT2D eigenvalue weighted by Crippen LogP contribution is -2.53. The van der Waals surface area contributed by atoms with E-state index in [-0.39, 0.29) is 24.5 Å². The molecular formula is C29H33N3O7S. The third-order valence-electron chi connectivity index (χ3n) is 6.72. The Bertz CT molecular complexity index is 1430. The molecule has 10 nitrogen and oxygen atoms in total. The molecule has 1 heterocycles. The fourth-order valence-corrected chi connectivity index (χ4v) is 5.52. The summed E-state index contributed by atoms with van der Waals surface area (Å²) < 4.78 is 39.4. The maximum Gasteiger partial charge on any atom is 0.410 e. The van der Waals surface area contributed by atoms with Crippen LogP contribution in [0.2, 0.25) is 0 Å².